The Morgan fingerprint density at radius 2 is 2.07 bits per heavy atom. The molecule has 2 aliphatic rings. The van der Waals surface area contributed by atoms with Gasteiger partial charge in [0.1, 0.15) is 11.7 Å². The van der Waals surface area contributed by atoms with E-state index < -0.39 is 21.0 Å². The van der Waals surface area contributed by atoms with Crippen LogP contribution in [-0.4, -0.2) is 49.2 Å². The van der Waals surface area contributed by atoms with Crippen molar-refractivity contribution in [2.45, 2.75) is 43.5 Å². The van der Waals surface area contributed by atoms with E-state index >= 15 is 0 Å². The van der Waals surface area contributed by atoms with Gasteiger partial charge in [-0.2, -0.15) is 4.31 Å². The summed E-state index contributed by atoms with van der Waals surface area (Å²) in [5.74, 6) is 0.0452. The van der Waals surface area contributed by atoms with Gasteiger partial charge in [-0.3, -0.25) is 14.9 Å². The van der Waals surface area contributed by atoms with Crippen molar-refractivity contribution in [2.75, 3.05) is 25.0 Å². The molecule has 10 heteroatoms. The molecule has 0 bridgehead atoms. The molecule has 2 heterocycles. The van der Waals surface area contributed by atoms with Gasteiger partial charge in [0.05, 0.1) is 9.82 Å². The maximum absolute atomic E-state index is 12.9. The molecule has 2 N–H and O–H groups in total. The van der Waals surface area contributed by atoms with Crippen LogP contribution in [0.2, 0.25) is 0 Å². The number of sulfonamides is 1. The third-order valence-electron chi connectivity index (χ3n) is 5.04. The van der Waals surface area contributed by atoms with E-state index in [0.29, 0.717) is 26.1 Å². The maximum atomic E-state index is 12.9. The van der Waals surface area contributed by atoms with E-state index in [2.05, 4.69) is 10.6 Å². The number of nitro benzene ring substituents is 1. The quantitative estimate of drug-likeness (QED) is 0.577. The third kappa shape index (κ3) is 4.22. The molecule has 2 saturated heterocycles. The minimum absolute atomic E-state index is 0.0954. The molecule has 0 unspecified atom stereocenters. The zero-order valence-corrected chi connectivity index (χ0v) is 16.0. The number of nitro groups is 1. The summed E-state index contributed by atoms with van der Waals surface area (Å²) < 4.78 is 27.2. The second-order valence-corrected chi connectivity index (χ2v) is 9.11. The fourth-order valence-electron chi connectivity index (χ4n) is 3.56. The van der Waals surface area contributed by atoms with Crippen LogP contribution in [0.3, 0.4) is 0 Å². The number of carbonyl (C=O) groups is 1. The number of benzene rings is 1. The summed E-state index contributed by atoms with van der Waals surface area (Å²) in [6.07, 6.45) is 3.09. The molecule has 0 saturated carbocycles. The van der Waals surface area contributed by atoms with Crippen LogP contribution in [0.1, 0.15) is 32.6 Å². The van der Waals surface area contributed by atoms with Gasteiger partial charge in [-0.05, 0) is 43.7 Å². The molecule has 1 aromatic carbocycles. The number of hydrogen-bond donors (Lipinski definition) is 2. The fraction of sp³-hybridized carbons (Fsp3) is 0.588. The second-order valence-electron chi connectivity index (χ2n) is 7.18. The smallest absolute Gasteiger partial charge is 0.293 e. The lowest BCUT2D eigenvalue weighted by Gasteiger charge is -2.30. The summed E-state index contributed by atoms with van der Waals surface area (Å²) in [6.45, 7) is 3.41. The van der Waals surface area contributed by atoms with Crippen LogP contribution in [0.25, 0.3) is 0 Å². The largest absolute Gasteiger partial charge is 0.368 e. The first-order valence-corrected chi connectivity index (χ1v) is 10.6. The summed E-state index contributed by atoms with van der Waals surface area (Å²) in [5.41, 5.74) is -0.201. The minimum Gasteiger partial charge on any atom is -0.368 e. The van der Waals surface area contributed by atoms with Gasteiger partial charge in [0, 0.05) is 25.7 Å². The number of rotatable bonds is 5. The monoisotopic (exact) mass is 396 g/mol. The number of nitrogens with zero attached hydrogens (tertiary/aromatic N) is 2. The van der Waals surface area contributed by atoms with Gasteiger partial charge in [-0.25, -0.2) is 8.42 Å². The van der Waals surface area contributed by atoms with Gasteiger partial charge < -0.3 is 10.6 Å². The van der Waals surface area contributed by atoms with Crippen molar-refractivity contribution < 1.29 is 18.1 Å². The van der Waals surface area contributed by atoms with Crippen molar-refractivity contribution in [1.82, 2.24) is 9.62 Å². The summed E-state index contributed by atoms with van der Waals surface area (Å²) >= 11 is 0. The minimum atomic E-state index is -3.79. The summed E-state index contributed by atoms with van der Waals surface area (Å²) in [4.78, 5) is 22.7. The topological polar surface area (TPSA) is 122 Å². The fourth-order valence-corrected chi connectivity index (χ4v) is 5.18. The summed E-state index contributed by atoms with van der Waals surface area (Å²) in [7, 11) is -3.79. The van der Waals surface area contributed by atoms with Gasteiger partial charge in [-0.15, -0.1) is 0 Å². The van der Waals surface area contributed by atoms with E-state index in [-0.39, 0.29) is 28.1 Å². The number of hydrogen-bond acceptors (Lipinski definition) is 6. The van der Waals surface area contributed by atoms with Crippen molar-refractivity contribution in [3.8, 4) is 0 Å². The van der Waals surface area contributed by atoms with Crippen molar-refractivity contribution in [1.29, 1.82) is 0 Å². The van der Waals surface area contributed by atoms with Crippen LogP contribution >= 0.6 is 0 Å². The normalized spacial score (nSPS) is 24.3. The molecule has 2 aliphatic heterocycles. The lowest BCUT2D eigenvalue weighted by molar-refractivity contribution is -0.384. The van der Waals surface area contributed by atoms with Gasteiger partial charge in [-0.1, -0.05) is 6.92 Å². The predicted octanol–water partition coefficient (Wildman–Crippen LogP) is 1.71. The molecular formula is C17H24N4O5S. The van der Waals surface area contributed by atoms with E-state index in [1.807, 2.05) is 6.92 Å². The first kappa shape index (κ1) is 19.6. The van der Waals surface area contributed by atoms with Crippen LogP contribution in [0, 0.1) is 16.0 Å². The zero-order valence-electron chi connectivity index (χ0n) is 15.2. The van der Waals surface area contributed by atoms with Crippen LogP contribution in [0.5, 0.6) is 0 Å². The molecule has 0 spiro atoms. The predicted molar refractivity (Wildman–Crippen MR) is 99.9 cm³/mol. The highest BCUT2D eigenvalue weighted by Gasteiger charge is 2.31. The molecule has 2 atom stereocenters. The molecule has 1 aromatic rings. The maximum Gasteiger partial charge on any atom is 0.293 e. The standard InChI is InChI=1S/C17H24N4O5S/c1-12-4-3-9-20(11-12)27(25,26)13-6-7-14(16(10-13)21(23)24)19-15-5-2-8-18-17(15)22/h6-7,10,12,15,19H,2-5,8-9,11H2,1H3,(H,18,22)/t12-,15+/m1/s1. The molecule has 148 valence electrons. The Bertz CT molecular complexity index is 842. The van der Waals surface area contributed by atoms with Gasteiger partial charge in [0.25, 0.3) is 5.69 Å². The van der Waals surface area contributed by atoms with Crippen molar-refractivity contribution in [3.63, 3.8) is 0 Å². The molecule has 27 heavy (non-hydrogen) atoms. The first-order valence-electron chi connectivity index (χ1n) is 9.12. The lowest BCUT2D eigenvalue weighted by atomic mass is 10.0. The van der Waals surface area contributed by atoms with E-state index in [9.17, 15) is 23.3 Å². The number of amides is 1. The Labute approximate surface area is 158 Å². The van der Waals surface area contributed by atoms with Crippen LogP contribution in [-0.2, 0) is 14.8 Å². The van der Waals surface area contributed by atoms with Crippen molar-refractivity contribution >= 4 is 27.3 Å². The average Bonchev–Trinajstić information content (AvgIpc) is 2.63. The SMILES string of the molecule is C[C@@H]1CCCN(S(=O)(=O)c2ccc(N[C@H]3CCCNC3=O)c([N+](=O)[O-])c2)C1. The van der Waals surface area contributed by atoms with E-state index in [1.165, 1.54) is 16.4 Å². The Kier molecular flexibility index (Phi) is 5.66. The van der Waals surface area contributed by atoms with Crippen LogP contribution < -0.4 is 10.6 Å². The van der Waals surface area contributed by atoms with Gasteiger partial charge >= 0.3 is 0 Å². The molecule has 9 nitrogen and oxygen atoms in total. The molecule has 1 amide bonds. The molecule has 0 aromatic heterocycles. The molecule has 0 aliphatic carbocycles. The highest BCUT2D eigenvalue weighted by Crippen LogP contribution is 2.31. The Balaban J connectivity index is 1.89. The lowest BCUT2D eigenvalue weighted by Crippen LogP contribution is -2.44. The molecule has 2 fully saturated rings. The van der Waals surface area contributed by atoms with Gasteiger partial charge in [0.2, 0.25) is 15.9 Å². The average molecular weight is 396 g/mol. The number of piperidine rings is 2. The Morgan fingerprint density at radius 1 is 1.30 bits per heavy atom. The van der Waals surface area contributed by atoms with E-state index in [0.717, 1.165) is 25.3 Å². The number of carbonyl (C=O) groups excluding carboxylic acids is 1. The molecule has 0 radical (unpaired) electrons. The highest BCUT2D eigenvalue weighted by atomic mass is 32.2. The van der Waals surface area contributed by atoms with Crippen LogP contribution in [0.4, 0.5) is 11.4 Å². The van der Waals surface area contributed by atoms with Crippen molar-refractivity contribution in [2.24, 2.45) is 5.92 Å². The van der Waals surface area contributed by atoms with E-state index in [1.54, 1.807) is 0 Å². The number of nitrogens with one attached hydrogen (secondary N) is 2. The summed E-state index contributed by atoms with van der Waals surface area (Å²) in [5, 5.41) is 17.1. The number of anilines is 1. The Morgan fingerprint density at radius 3 is 2.74 bits per heavy atom. The van der Waals surface area contributed by atoms with Gasteiger partial charge in [0.15, 0.2) is 0 Å². The highest BCUT2D eigenvalue weighted by molar-refractivity contribution is 7.89. The molecule has 3 rings (SSSR count). The second kappa shape index (κ2) is 7.81. The molecular weight excluding hydrogens is 372 g/mol. The zero-order chi connectivity index (χ0) is 19.6. The first-order chi connectivity index (χ1) is 12.8. The van der Waals surface area contributed by atoms with Crippen molar-refractivity contribution in [3.05, 3.63) is 28.3 Å². The van der Waals surface area contributed by atoms with Crippen LogP contribution in [0.15, 0.2) is 23.1 Å². The van der Waals surface area contributed by atoms with E-state index in [4.69, 9.17) is 0 Å². The Hall–Kier alpha value is -2.20. The summed E-state index contributed by atoms with van der Waals surface area (Å²) in [6, 6.07) is 3.26. The third-order valence-corrected chi connectivity index (χ3v) is 6.90.